The molecule has 1 N–H and O–H groups in total. The van der Waals surface area contributed by atoms with E-state index in [4.69, 9.17) is 4.74 Å². The first-order valence-corrected chi connectivity index (χ1v) is 9.85. The fourth-order valence-electron chi connectivity index (χ4n) is 3.83. The molecule has 2 saturated heterocycles. The summed E-state index contributed by atoms with van der Waals surface area (Å²) in [6.07, 6.45) is 0.616. The van der Waals surface area contributed by atoms with Crippen LogP contribution in [0.5, 0.6) is 5.75 Å². The molecule has 2 heterocycles. The fraction of sp³-hybridized carbons (Fsp3) is 0.667. The van der Waals surface area contributed by atoms with Crippen LogP contribution in [-0.2, 0) is 10.2 Å². The molecule has 1 aromatic rings. The molecule has 2 aliphatic heterocycles. The summed E-state index contributed by atoms with van der Waals surface area (Å²) in [5, 5.41) is 3.39. The minimum Gasteiger partial charge on any atom is -0.481 e. The molecule has 2 aliphatic rings. The van der Waals surface area contributed by atoms with Gasteiger partial charge in [0.1, 0.15) is 5.75 Å². The van der Waals surface area contributed by atoms with Crippen LogP contribution >= 0.6 is 0 Å². The smallest absolute Gasteiger partial charge is 0.263 e. The van der Waals surface area contributed by atoms with Crippen molar-refractivity contribution in [3.05, 3.63) is 29.8 Å². The maximum absolute atomic E-state index is 12.8. The molecule has 2 atom stereocenters. The zero-order valence-corrected chi connectivity index (χ0v) is 16.6. The number of likely N-dealkylation sites (tertiary alicyclic amines) is 1. The lowest BCUT2D eigenvalue weighted by Crippen LogP contribution is -2.50. The lowest BCUT2D eigenvalue weighted by molar-refractivity contribution is -0.137. The van der Waals surface area contributed by atoms with Crippen molar-refractivity contribution in [2.75, 3.05) is 39.3 Å². The second-order valence-corrected chi connectivity index (χ2v) is 8.55. The summed E-state index contributed by atoms with van der Waals surface area (Å²) in [6.45, 7) is 14.3. The normalized spacial score (nSPS) is 23.1. The lowest BCUT2D eigenvalue weighted by Gasteiger charge is -2.32. The van der Waals surface area contributed by atoms with Crippen LogP contribution in [0.1, 0.15) is 39.7 Å². The van der Waals surface area contributed by atoms with Gasteiger partial charge in [-0.1, -0.05) is 32.9 Å². The molecule has 2 unspecified atom stereocenters. The van der Waals surface area contributed by atoms with Crippen LogP contribution < -0.4 is 10.1 Å². The summed E-state index contributed by atoms with van der Waals surface area (Å²) in [5.74, 6) is 0.875. The van der Waals surface area contributed by atoms with Gasteiger partial charge in [-0.3, -0.25) is 9.69 Å². The van der Waals surface area contributed by atoms with Crippen molar-refractivity contribution in [2.45, 2.75) is 51.7 Å². The van der Waals surface area contributed by atoms with Gasteiger partial charge in [0.2, 0.25) is 0 Å². The number of rotatable bonds is 4. The van der Waals surface area contributed by atoms with Gasteiger partial charge in [-0.15, -0.1) is 0 Å². The lowest BCUT2D eigenvalue weighted by atomic mass is 9.87. The van der Waals surface area contributed by atoms with Gasteiger partial charge in [-0.25, -0.2) is 0 Å². The Labute approximate surface area is 157 Å². The van der Waals surface area contributed by atoms with Crippen molar-refractivity contribution < 1.29 is 9.53 Å². The first-order chi connectivity index (χ1) is 12.3. The molecular formula is C21H33N3O2. The average Bonchev–Trinajstić information content (AvgIpc) is 3.11. The molecule has 0 saturated carbocycles. The summed E-state index contributed by atoms with van der Waals surface area (Å²) in [7, 11) is 0. The third-order valence-corrected chi connectivity index (χ3v) is 5.50. The summed E-state index contributed by atoms with van der Waals surface area (Å²) >= 11 is 0. The van der Waals surface area contributed by atoms with Gasteiger partial charge in [0.25, 0.3) is 5.91 Å². The summed E-state index contributed by atoms with van der Waals surface area (Å²) < 4.78 is 5.99. The Bertz CT molecular complexity index is 620. The molecule has 0 bridgehead atoms. The molecule has 144 valence electrons. The van der Waals surface area contributed by atoms with E-state index in [0.717, 1.165) is 51.4 Å². The number of hydrogen-bond donors (Lipinski definition) is 1. The van der Waals surface area contributed by atoms with Crippen molar-refractivity contribution in [1.82, 2.24) is 15.1 Å². The number of nitrogens with one attached hydrogen (secondary N) is 1. The van der Waals surface area contributed by atoms with E-state index in [2.05, 4.69) is 43.1 Å². The molecule has 1 amide bonds. The predicted octanol–water partition coefficient (Wildman–Crippen LogP) is 2.26. The number of benzene rings is 1. The van der Waals surface area contributed by atoms with Gasteiger partial charge in [-0.05, 0) is 36.5 Å². The molecule has 26 heavy (non-hydrogen) atoms. The van der Waals surface area contributed by atoms with Crippen molar-refractivity contribution >= 4 is 5.91 Å². The molecule has 5 nitrogen and oxygen atoms in total. The van der Waals surface area contributed by atoms with Gasteiger partial charge >= 0.3 is 0 Å². The van der Waals surface area contributed by atoms with E-state index in [1.165, 1.54) is 5.56 Å². The monoisotopic (exact) mass is 359 g/mol. The van der Waals surface area contributed by atoms with Gasteiger partial charge in [0, 0.05) is 45.3 Å². The van der Waals surface area contributed by atoms with Crippen LogP contribution in [-0.4, -0.2) is 67.1 Å². The van der Waals surface area contributed by atoms with Crippen LogP contribution in [0.4, 0.5) is 0 Å². The van der Waals surface area contributed by atoms with Crippen LogP contribution in [0.25, 0.3) is 0 Å². The number of nitrogens with zero attached hydrogens (tertiary/aromatic N) is 2. The van der Waals surface area contributed by atoms with E-state index in [9.17, 15) is 4.79 Å². The third kappa shape index (κ3) is 4.57. The van der Waals surface area contributed by atoms with Crippen molar-refractivity contribution in [3.63, 3.8) is 0 Å². The quantitative estimate of drug-likeness (QED) is 0.896. The molecule has 0 aromatic heterocycles. The Morgan fingerprint density at radius 2 is 1.96 bits per heavy atom. The Morgan fingerprint density at radius 1 is 1.23 bits per heavy atom. The first-order valence-electron chi connectivity index (χ1n) is 9.85. The highest BCUT2D eigenvalue weighted by atomic mass is 16.5. The highest BCUT2D eigenvalue weighted by molar-refractivity contribution is 5.81. The molecule has 2 fully saturated rings. The molecule has 0 radical (unpaired) electrons. The van der Waals surface area contributed by atoms with Gasteiger partial charge in [-0.2, -0.15) is 0 Å². The minimum atomic E-state index is -0.452. The number of hydrogen-bond acceptors (Lipinski definition) is 4. The van der Waals surface area contributed by atoms with Crippen molar-refractivity contribution in [1.29, 1.82) is 0 Å². The molecule has 0 spiro atoms. The van der Waals surface area contributed by atoms with Crippen LogP contribution in [0, 0.1) is 0 Å². The molecule has 1 aromatic carbocycles. The molecule has 3 rings (SSSR count). The molecular weight excluding hydrogens is 326 g/mol. The van der Waals surface area contributed by atoms with Crippen molar-refractivity contribution in [2.24, 2.45) is 0 Å². The highest BCUT2D eigenvalue weighted by Crippen LogP contribution is 2.26. The number of ether oxygens (including phenoxy) is 1. The molecule has 0 aliphatic carbocycles. The average molecular weight is 360 g/mol. The molecule has 5 heteroatoms. The Balaban J connectivity index is 1.56. The Morgan fingerprint density at radius 3 is 2.65 bits per heavy atom. The van der Waals surface area contributed by atoms with E-state index < -0.39 is 6.10 Å². The van der Waals surface area contributed by atoms with E-state index in [0.29, 0.717) is 6.04 Å². The minimum absolute atomic E-state index is 0.0676. The summed E-state index contributed by atoms with van der Waals surface area (Å²) in [4.78, 5) is 17.3. The fourth-order valence-corrected chi connectivity index (χ4v) is 3.83. The zero-order chi connectivity index (χ0) is 18.7. The summed E-state index contributed by atoms with van der Waals surface area (Å²) in [5.41, 5.74) is 1.28. The number of amides is 1. The third-order valence-electron chi connectivity index (χ3n) is 5.50. The van der Waals surface area contributed by atoms with Crippen molar-refractivity contribution in [3.8, 4) is 5.75 Å². The maximum atomic E-state index is 12.8. The first kappa shape index (κ1) is 19.2. The largest absolute Gasteiger partial charge is 0.481 e. The van der Waals surface area contributed by atoms with Crippen LogP contribution in [0.15, 0.2) is 24.3 Å². The second kappa shape index (κ2) is 7.97. The number of carbonyl (C=O) groups is 1. The van der Waals surface area contributed by atoms with Crippen LogP contribution in [0.3, 0.4) is 0 Å². The van der Waals surface area contributed by atoms with Crippen LogP contribution in [0.2, 0.25) is 0 Å². The van der Waals surface area contributed by atoms with E-state index >= 15 is 0 Å². The van der Waals surface area contributed by atoms with E-state index in [1.54, 1.807) is 0 Å². The summed E-state index contributed by atoms with van der Waals surface area (Å²) in [6, 6.07) is 8.60. The topological polar surface area (TPSA) is 44.8 Å². The highest BCUT2D eigenvalue weighted by Gasteiger charge is 2.33. The van der Waals surface area contributed by atoms with E-state index in [1.807, 2.05) is 24.0 Å². The van der Waals surface area contributed by atoms with Gasteiger partial charge in [0.05, 0.1) is 0 Å². The van der Waals surface area contributed by atoms with Gasteiger partial charge < -0.3 is 15.0 Å². The predicted molar refractivity (Wildman–Crippen MR) is 105 cm³/mol. The zero-order valence-electron chi connectivity index (χ0n) is 16.6. The second-order valence-electron chi connectivity index (χ2n) is 8.55. The van der Waals surface area contributed by atoms with Gasteiger partial charge in [0.15, 0.2) is 6.10 Å². The Hall–Kier alpha value is -1.59. The SMILES string of the molecule is CC(Oc1cccc(C(C)(C)C)c1)C(=O)N1CCC(N2CCNCC2)C1. The maximum Gasteiger partial charge on any atom is 0.263 e. The number of carbonyl (C=O) groups excluding carboxylic acids is 1. The van der Waals surface area contributed by atoms with E-state index in [-0.39, 0.29) is 11.3 Å². The Kier molecular flexibility index (Phi) is 5.88. The number of piperazine rings is 1. The standard InChI is InChI=1S/C21H33N3O2/c1-16(26-19-7-5-6-17(14-19)21(2,3)4)20(25)24-11-8-18(15-24)23-12-9-22-10-13-23/h5-7,14,16,18,22H,8-13,15H2,1-4H3.